The molecule has 1 aromatic heterocycles. The fourth-order valence-electron chi connectivity index (χ4n) is 3.65. The molecule has 3 saturated heterocycles. The average Bonchev–Trinajstić information content (AvgIpc) is 3.20. The molecule has 0 N–H and O–H groups in total. The van der Waals surface area contributed by atoms with E-state index in [0.29, 0.717) is 13.0 Å². The molecule has 0 spiro atoms. The van der Waals surface area contributed by atoms with E-state index in [-0.39, 0.29) is 18.1 Å². The first-order chi connectivity index (χ1) is 11.7. The van der Waals surface area contributed by atoms with Crippen LogP contribution in [-0.4, -0.2) is 85.9 Å². The molecule has 3 fully saturated rings. The van der Waals surface area contributed by atoms with Crippen molar-refractivity contribution in [1.82, 2.24) is 14.8 Å². The summed E-state index contributed by atoms with van der Waals surface area (Å²) in [5.74, 6) is 0.191. The van der Waals surface area contributed by atoms with Crippen LogP contribution < -0.4 is 4.90 Å². The maximum absolute atomic E-state index is 12.0. The van der Waals surface area contributed by atoms with Crippen LogP contribution in [0.1, 0.15) is 11.3 Å². The number of hydrogen-bond acceptors (Lipinski definition) is 7. The van der Waals surface area contributed by atoms with E-state index in [0.717, 1.165) is 51.1 Å². The minimum absolute atomic E-state index is 0.132. The molecule has 8 heteroatoms. The van der Waals surface area contributed by atoms with E-state index in [1.54, 1.807) is 11.3 Å². The SMILES string of the molecule is CN1C(=O)CCO[C@H]2CN(Cc3cnc(N4CCOCC4)s3)C[C@@H]21. The molecule has 4 rings (SSSR count). The Morgan fingerprint density at radius 2 is 2.12 bits per heavy atom. The molecule has 1 aromatic rings. The van der Waals surface area contributed by atoms with Gasteiger partial charge in [-0.3, -0.25) is 9.69 Å². The van der Waals surface area contributed by atoms with Crippen molar-refractivity contribution in [3.8, 4) is 0 Å². The van der Waals surface area contributed by atoms with Crippen molar-refractivity contribution in [3.63, 3.8) is 0 Å². The van der Waals surface area contributed by atoms with Crippen LogP contribution in [0.25, 0.3) is 0 Å². The Hall–Kier alpha value is -1.22. The third-order valence-corrected chi connectivity index (χ3v) is 6.10. The minimum Gasteiger partial charge on any atom is -0.378 e. The number of ether oxygens (including phenoxy) is 2. The molecular formula is C16H24N4O3S. The van der Waals surface area contributed by atoms with Gasteiger partial charge in [-0.05, 0) is 0 Å². The summed E-state index contributed by atoms with van der Waals surface area (Å²) in [7, 11) is 1.90. The van der Waals surface area contributed by atoms with Crippen molar-refractivity contribution in [2.45, 2.75) is 25.1 Å². The van der Waals surface area contributed by atoms with Crippen LogP contribution in [0.15, 0.2) is 6.20 Å². The van der Waals surface area contributed by atoms with Crippen molar-refractivity contribution in [2.75, 3.05) is 57.9 Å². The number of likely N-dealkylation sites (N-methyl/N-ethyl adjacent to an activating group) is 1. The van der Waals surface area contributed by atoms with Crippen LogP contribution >= 0.6 is 11.3 Å². The Labute approximate surface area is 146 Å². The molecule has 0 unspecified atom stereocenters. The van der Waals surface area contributed by atoms with Gasteiger partial charge in [0.15, 0.2) is 5.13 Å². The first-order valence-corrected chi connectivity index (χ1v) is 9.39. The first kappa shape index (κ1) is 16.3. The molecule has 0 bridgehead atoms. The molecule has 2 atom stereocenters. The zero-order valence-corrected chi connectivity index (χ0v) is 14.8. The third-order valence-electron chi connectivity index (χ3n) is 5.05. The number of fused-ring (bicyclic) bond motifs is 1. The van der Waals surface area contributed by atoms with Crippen molar-refractivity contribution in [1.29, 1.82) is 0 Å². The highest BCUT2D eigenvalue weighted by molar-refractivity contribution is 7.15. The summed E-state index contributed by atoms with van der Waals surface area (Å²) < 4.78 is 11.3. The summed E-state index contributed by atoms with van der Waals surface area (Å²) in [6.45, 7) is 6.57. The second kappa shape index (κ2) is 6.95. The van der Waals surface area contributed by atoms with Crippen molar-refractivity contribution < 1.29 is 14.3 Å². The van der Waals surface area contributed by atoms with Gasteiger partial charge >= 0.3 is 0 Å². The van der Waals surface area contributed by atoms with Gasteiger partial charge < -0.3 is 19.3 Å². The fourth-order valence-corrected chi connectivity index (χ4v) is 4.65. The number of aromatic nitrogens is 1. The Morgan fingerprint density at radius 3 is 2.96 bits per heavy atom. The average molecular weight is 352 g/mol. The lowest BCUT2D eigenvalue weighted by Gasteiger charge is -2.26. The van der Waals surface area contributed by atoms with Crippen molar-refractivity contribution >= 4 is 22.4 Å². The van der Waals surface area contributed by atoms with Gasteiger partial charge in [-0.15, -0.1) is 11.3 Å². The van der Waals surface area contributed by atoms with E-state index in [1.807, 2.05) is 18.1 Å². The summed E-state index contributed by atoms with van der Waals surface area (Å²) in [5, 5.41) is 1.09. The lowest BCUT2D eigenvalue weighted by atomic mass is 10.2. The zero-order valence-electron chi connectivity index (χ0n) is 14.0. The number of nitrogens with zero attached hydrogens (tertiary/aromatic N) is 4. The molecule has 4 heterocycles. The molecule has 3 aliphatic heterocycles. The standard InChI is InChI=1S/C16H24N4O3S/c1-18-13-10-19(11-14(13)23-5-2-15(18)21)9-12-8-17-16(24-12)20-3-6-22-7-4-20/h8,13-14H,2-7,9-11H2,1H3/t13-,14-/m0/s1. The number of anilines is 1. The normalized spacial score (nSPS) is 29.0. The molecule has 3 aliphatic rings. The quantitative estimate of drug-likeness (QED) is 0.785. The van der Waals surface area contributed by atoms with Crippen LogP contribution in [0.5, 0.6) is 0 Å². The maximum Gasteiger partial charge on any atom is 0.225 e. The number of thiazole rings is 1. The number of carbonyl (C=O) groups is 1. The fraction of sp³-hybridized carbons (Fsp3) is 0.750. The molecule has 0 aromatic carbocycles. The van der Waals surface area contributed by atoms with Crippen molar-refractivity contribution in [3.05, 3.63) is 11.1 Å². The zero-order chi connectivity index (χ0) is 16.5. The molecule has 7 nitrogen and oxygen atoms in total. The largest absolute Gasteiger partial charge is 0.378 e. The Morgan fingerprint density at radius 1 is 1.29 bits per heavy atom. The van der Waals surface area contributed by atoms with Gasteiger partial charge in [-0.2, -0.15) is 0 Å². The van der Waals surface area contributed by atoms with E-state index < -0.39 is 0 Å². The highest BCUT2D eigenvalue weighted by Gasteiger charge is 2.39. The van der Waals surface area contributed by atoms with Gasteiger partial charge in [0.05, 0.1) is 38.4 Å². The number of likely N-dealkylation sites (tertiary alicyclic amines) is 1. The summed E-state index contributed by atoms with van der Waals surface area (Å²) in [6, 6.07) is 0.173. The lowest BCUT2D eigenvalue weighted by Crippen LogP contribution is -2.42. The van der Waals surface area contributed by atoms with Crippen molar-refractivity contribution in [2.24, 2.45) is 0 Å². The first-order valence-electron chi connectivity index (χ1n) is 8.58. The van der Waals surface area contributed by atoms with Gasteiger partial charge in [0, 0.05) is 50.8 Å². The topological polar surface area (TPSA) is 58.1 Å². The minimum atomic E-state index is 0.132. The summed E-state index contributed by atoms with van der Waals surface area (Å²) in [4.78, 5) is 24.4. The van der Waals surface area contributed by atoms with E-state index in [9.17, 15) is 4.79 Å². The summed E-state index contributed by atoms with van der Waals surface area (Å²) >= 11 is 1.76. The van der Waals surface area contributed by atoms with Gasteiger partial charge in [-0.25, -0.2) is 4.98 Å². The van der Waals surface area contributed by atoms with Crippen LogP contribution in [0.3, 0.4) is 0 Å². The monoisotopic (exact) mass is 352 g/mol. The lowest BCUT2D eigenvalue weighted by molar-refractivity contribution is -0.131. The number of morpholine rings is 1. The van der Waals surface area contributed by atoms with Crippen LogP contribution in [-0.2, 0) is 20.8 Å². The molecular weight excluding hydrogens is 328 g/mol. The Bertz CT molecular complexity index is 590. The number of hydrogen-bond donors (Lipinski definition) is 0. The van der Waals surface area contributed by atoms with Gasteiger partial charge in [-0.1, -0.05) is 0 Å². The number of amides is 1. The third kappa shape index (κ3) is 3.28. The second-order valence-electron chi connectivity index (χ2n) is 6.63. The number of carbonyl (C=O) groups excluding carboxylic acids is 1. The van der Waals surface area contributed by atoms with Gasteiger partial charge in [0.1, 0.15) is 0 Å². The summed E-state index contributed by atoms with van der Waals surface area (Å²) in [6.07, 6.45) is 2.62. The highest BCUT2D eigenvalue weighted by Crippen LogP contribution is 2.27. The van der Waals surface area contributed by atoms with E-state index >= 15 is 0 Å². The Kier molecular flexibility index (Phi) is 4.71. The molecule has 0 saturated carbocycles. The predicted octanol–water partition coefficient (Wildman–Crippen LogP) is 0.411. The Balaban J connectivity index is 1.38. The number of rotatable bonds is 3. The van der Waals surface area contributed by atoms with Crippen LogP contribution in [0.2, 0.25) is 0 Å². The molecule has 1 amide bonds. The second-order valence-corrected chi connectivity index (χ2v) is 7.73. The smallest absolute Gasteiger partial charge is 0.225 e. The van der Waals surface area contributed by atoms with E-state index in [4.69, 9.17) is 9.47 Å². The summed E-state index contributed by atoms with van der Waals surface area (Å²) in [5.41, 5.74) is 0. The van der Waals surface area contributed by atoms with E-state index in [1.165, 1.54) is 4.88 Å². The van der Waals surface area contributed by atoms with Gasteiger partial charge in [0.25, 0.3) is 0 Å². The predicted molar refractivity (Wildman–Crippen MR) is 91.3 cm³/mol. The maximum atomic E-state index is 12.0. The molecule has 0 aliphatic carbocycles. The van der Waals surface area contributed by atoms with Crippen LogP contribution in [0, 0.1) is 0 Å². The van der Waals surface area contributed by atoms with Gasteiger partial charge in [0.2, 0.25) is 5.91 Å². The molecule has 0 radical (unpaired) electrons. The van der Waals surface area contributed by atoms with E-state index in [2.05, 4.69) is 14.8 Å². The molecule has 24 heavy (non-hydrogen) atoms. The molecule has 132 valence electrons. The van der Waals surface area contributed by atoms with Crippen LogP contribution in [0.4, 0.5) is 5.13 Å². The highest BCUT2D eigenvalue weighted by atomic mass is 32.1.